The van der Waals surface area contributed by atoms with Gasteiger partial charge >= 0.3 is 10.1 Å². The smallest absolute Gasteiger partial charge is 0.339 e. The Balaban J connectivity index is 1.88. The van der Waals surface area contributed by atoms with Crippen LogP contribution in [0.3, 0.4) is 0 Å². The highest BCUT2D eigenvalue weighted by Gasteiger charge is 2.22. The van der Waals surface area contributed by atoms with Gasteiger partial charge in [0.1, 0.15) is 22.3 Å². The maximum absolute atomic E-state index is 12.6. The quantitative estimate of drug-likeness (QED) is 0.176. The third kappa shape index (κ3) is 6.06. The molecule has 0 atom stereocenters. The number of benzene rings is 3. The van der Waals surface area contributed by atoms with Crippen LogP contribution >= 0.6 is 22.6 Å². The number of hydrogen-bond acceptors (Lipinski definition) is 7. The van der Waals surface area contributed by atoms with E-state index in [1.165, 1.54) is 38.5 Å². The minimum absolute atomic E-state index is 0.00112. The zero-order chi connectivity index (χ0) is 24.7. The molecule has 0 spiro atoms. The molecule has 3 rings (SSSR count). The summed E-state index contributed by atoms with van der Waals surface area (Å²) >= 11 is 1.90. The fraction of sp³-hybridized carbons (Fsp3) is 0.0833. The number of rotatable bonds is 8. The molecule has 3 aromatic rings. The van der Waals surface area contributed by atoms with E-state index in [0.717, 1.165) is 0 Å². The zero-order valence-electron chi connectivity index (χ0n) is 18.1. The van der Waals surface area contributed by atoms with Gasteiger partial charge in [-0.2, -0.15) is 13.7 Å². The highest BCUT2D eigenvalue weighted by molar-refractivity contribution is 14.1. The minimum Gasteiger partial charge on any atom is -0.497 e. The number of nitriles is 1. The molecule has 0 aliphatic heterocycles. The molecule has 34 heavy (non-hydrogen) atoms. The van der Waals surface area contributed by atoms with Crippen LogP contribution in [0.1, 0.15) is 5.56 Å². The Labute approximate surface area is 211 Å². The van der Waals surface area contributed by atoms with E-state index in [9.17, 15) is 18.5 Å². The number of nitrogens with one attached hydrogen (secondary N) is 1. The second-order valence-corrected chi connectivity index (χ2v) is 9.45. The molecule has 0 unspecified atom stereocenters. The molecule has 0 heterocycles. The highest BCUT2D eigenvalue weighted by atomic mass is 127. The lowest BCUT2D eigenvalue weighted by atomic mass is 10.1. The highest BCUT2D eigenvalue weighted by Crippen LogP contribution is 2.36. The van der Waals surface area contributed by atoms with Crippen molar-refractivity contribution in [3.8, 4) is 23.3 Å². The van der Waals surface area contributed by atoms with E-state index in [0.29, 0.717) is 20.6 Å². The Bertz CT molecular complexity index is 1370. The molecular formula is C24H19IN2O6S. The number of amides is 1. The average Bonchev–Trinajstić information content (AvgIpc) is 2.84. The summed E-state index contributed by atoms with van der Waals surface area (Å²) in [5.74, 6) is 0.164. The Kier molecular flexibility index (Phi) is 8.14. The zero-order valence-corrected chi connectivity index (χ0v) is 21.1. The summed E-state index contributed by atoms with van der Waals surface area (Å²) in [5.41, 5.74) is 0.792. The first kappa shape index (κ1) is 25.1. The predicted octanol–water partition coefficient (Wildman–Crippen LogP) is 4.62. The van der Waals surface area contributed by atoms with Crippen LogP contribution in [0, 0.1) is 14.9 Å². The predicted molar refractivity (Wildman–Crippen MR) is 135 cm³/mol. The molecule has 3 aromatic carbocycles. The van der Waals surface area contributed by atoms with Crippen LogP contribution in [0.15, 0.2) is 77.2 Å². The largest absolute Gasteiger partial charge is 0.497 e. The summed E-state index contributed by atoms with van der Waals surface area (Å²) < 4.78 is 41.4. The van der Waals surface area contributed by atoms with Gasteiger partial charge in [-0.05, 0) is 82.8 Å². The van der Waals surface area contributed by atoms with E-state index < -0.39 is 16.0 Å². The number of hydrogen-bond donors (Lipinski definition) is 1. The lowest BCUT2D eigenvalue weighted by molar-refractivity contribution is -0.112. The SMILES string of the molecule is COc1ccc(NC(=O)/C(C#N)=C/c2cc(I)c(OS(=O)(=O)c3ccccc3)c(OC)c2)cc1. The molecule has 0 bridgehead atoms. The van der Waals surface area contributed by atoms with Gasteiger partial charge in [0.05, 0.1) is 17.8 Å². The topological polar surface area (TPSA) is 115 Å². The summed E-state index contributed by atoms with van der Waals surface area (Å²) in [5, 5.41) is 12.2. The number of carbonyl (C=O) groups excluding carboxylic acids is 1. The van der Waals surface area contributed by atoms with Crippen molar-refractivity contribution in [1.82, 2.24) is 0 Å². The van der Waals surface area contributed by atoms with Gasteiger partial charge in [0, 0.05) is 5.69 Å². The molecule has 1 N–H and O–H groups in total. The third-order valence-electron chi connectivity index (χ3n) is 4.50. The maximum Gasteiger partial charge on any atom is 0.339 e. The van der Waals surface area contributed by atoms with Gasteiger partial charge in [0.25, 0.3) is 5.91 Å². The maximum atomic E-state index is 12.6. The van der Waals surface area contributed by atoms with Crippen molar-refractivity contribution in [1.29, 1.82) is 5.26 Å². The van der Waals surface area contributed by atoms with Gasteiger partial charge in [-0.1, -0.05) is 18.2 Å². The Morgan fingerprint density at radius 1 is 1.03 bits per heavy atom. The molecule has 0 saturated heterocycles. The van der Waals surface area contributed by atoms with E-state index in [2.05, 4.69) is 5.32 Å². The number of methoxy groups -OCH3 is 2. The summed E-state index contributed by atoms with van der Waals surface area (Å²) in [7, 11) is -1.19. The van der Waals surface area contributed by atoms with Gasteiger partial charge in [-0.25, -0.2) is 0 Å². The normalized spacial score (nSPS) is 11.3. The van der Waals surface area contributed by atoms with E-state index >= 15 is 0 Å². The van der Waals surface area contributed by atoms with Gasteiger partial charge in [0.15, 0.2) is 11.5 Å². The van der Waals surface area contributed by atoms with Crippen LogP contribution in [0.2, 0.25) is 0 Å². The van der Waals surface area contributed by atoms with Crippen LogP contribution in [-0.4, -0.2) is 28.5 Å². The van der Waals surface area contributed by atoms with Crippen LogP contribution in [0.5, 0.6) is 17.2 Å². The molecule has 0 fully saturated rings. The van der Waals surface area contributed by atoms with Crippen molar-refractivity contribution < 1.29 is 26.9 Å². The fourth-order valence-electron chi connectivity index (χ4n) is 2.84. The fourth-order valence-corrected chi connectivity index (χ4v) is 4.70. The van der Waals surface area contributed by atoms with Crippen molar-refractivity contribution in [2.45, 2.75) is 4.90 Å². The summed E-state index contributed by atoms with van der Waals surface area (Å²) in [6.45, 7) is 0. The molecule has 0 aromatic heterocycles. The third-order valence-corrected chi connectivity index (χ3v) is 6.54. The van der Waals surface area contributed by atoms with Crippen molar-refractivity contribution in [3.63, 3.8) is 0 Å². The monoisotopic (exact) mass is 590 g/mol. The molecule has 0 aliphatic rings. The Morgan fingerprint density at radius 2 is 1.71 bits per heavy atom. The van der Waals surface area contributed by atoms with Crippen molar-refractivity contribution in [2.75, 3.05) is 19.5 Å². The molecule has 8 nitrogen and oxygen atoms in total. The molecular weight excluding hydrogens is 571 g/mol. The Hall–Kier alpha value is -3.56. The summed E-state index contributed by atoms with van der Waals surface area (Å²) in [6, 6.07) is 19.3. The van der Waals surface area contributed by atoms with Gasteiger partial charge in [0.2, 0.25) is 0 Å². The molecule has 0 aliphatic carbocycles. The first-order valence-electron chi connectivity index (χ1n) is 9.71. The van der Waals surface area contributed by atoms with Gasteiger partial charge < -0.3 is 19.0 Å². The summed E-state index contributed by atoms with van der Waals surface area (Å²) in [6.07, 6.45) is 1.37. The first-order chi connectivity index (χ1) is 16.3. The number of nitrogens with zero attached hydrogens (tertiary/aromatic N) is 1. The second kappa shape index (κ2) is 11.0. The molecule has 10 heteroatoms. The number of anilines is 1. The lowest BCUT2D eigenvalue weighted by Crippen LogP contribution is -2.13. The van der Waals surface area contributed by atoms with E-state index in [1.807, 2.05) is 28.7 Å². The second-order valence-electron chi connectivity index (χ2n) is 6.74. The van der Waals surface area contributed by atoms with Crippen LogP contribution in [0.4, 0.5) is 5.69 Å². The molecule has 0 saturated carbocycles. The molecule has 174 valence electrons. The average molecular weight is 590 g/mol. The molecule has 0 radical (unpaired) electrons. The van der Waals surface area contributed by atoms with Crippen molar-refractivity contribution >= 4 is 50.4 Å². The number of halogens is 1. The minimum atomic E-state index is -4.09. The van der Waals surface area contributed by atoms with Gasteiger partial charge in [-0.15, -0.1) is 0 Å². The van der Waals surface area contributed by atoms with E-state index in [4.69, 9.17) is 13.7 Å². The summed E-state index contributed by atoms with van der Waals surface area (Å²) in [4.78, 5) is 12.6. The first-order valence-corrected chi connectivity index (χ1v) is 12.2. The van der Waals surface area contributed by atoms with Crippen LogP contribution < -0.4 is 19.0 Å². The molecule has 1 amide bonds. The van der Waals surface area contributed by atoms with Crippen molar-refractivity contribution in [3.05, 3.63) is 81.4 Å². The van der Waals surface area contributed by atoms with Gasteiger partial charge in [-0.3, -0.25) is 4.79 Å². The number of ether oxygens (including phenoxy) is 2. The standard InChI is InChI=1S/C24H19IN2O6S/c1-31-19-10-8-18(9-11-19)27-24(28)17(15-26)12-16-13-21(25)23(22(14-16)32-2)33-34(29,30)20-6-4-3-5-7-20/h3-14H,1-2H3,(H,27,28)/b17-12+. The lowest BCUT2D eigenvalue weighted by Gasteiger charge is -2.13. The van der Waals surface area contributed by atoms with Crippen molar-refractivity contribution in [2.24, 2.45) is 0 Å². The van der Waals surface area contributed by atoms with Crippen LogP contribution in [-0.2, 0) is 14.9 Å². The van der Waals surface area contributed by atoms with E-state index in [1.54, 1.807) is 48.5 Å². The Morgan fingerprint density at radius 3 is 2.29 bits per heavy atom. The number of carbonyl (C=O) groups is 1. The van der Waals surface area contributed by atoms with Crippen LogP contribution in [0.25, 0.3) is 6.08 Å². The van der Waals surface area contributed by atoms with E-state index in [-0.39, 0.29) is 22.0 Å².